The van der Waals surface area contributed by atoms with Crippen molar-refractivity contribution in [2.24, 2.45) is 5.92 Å². The number of carbonyl (C=O) groups excluding carboxylic acids is 2. The van der Waals surface area contributed by atoms with Gasteiger partial charge in [-0.2, -0.15) is 0 Å². The van der Waals surface area contributed by atoms with Crippen LogP contribution in [0.25, 0.3) is 0 Å². The zero-order valence-corrected chi connectivity index (χ0v) is 12.8. The predicted octanol–water partition coefficient (Wildman–Crippen LogP) is 1.82. The molecule has 1 aromatic rings. The van der Waals surface area contributed by atoms with Gasteiger partial charge in [0.05, 0.1) is 6.04 Å². The molecule has 0 bridgehead atoms. The molecule has 0 aliphatic carbocycles. The van der Waals surface area contributed by atoms with Gasteiger partial charge in [-0.1, -0.05) is 0 Å². The normalized spacial score (nSPS) is 17.4. The minimum absolute atomic E-state index is 0.0178. The van der Waals surface area contributed by atoms with Crippen LogP contribution in [0.3, 0.4) is 0 Å². The van der Waals surface area contributed by atoms with Crippen LogP contribution in [0.4, 0.5) is 4.79 Å². The Bertz CT molecular complexity index is 504. The standard InChI is InChI=1S/C15H23N3O3/c1-10-4-5-13(21-10)11(2)17-15(20)18-8-6-12(7-9-18)14(19)16-3/h4-5,11-12H,6-9H2,1-3H3,(H,16,19)(H,17,20)/t11-/m0/s1. The summed E-state index contributed by atoms with van der Waals surface area (Å²) < 4.78 is 5.51. The van der Waals surface area contributed by atoms with Crippen LogP contribution in [0, 0.1) is 12.8 Å². The van der Waals surface area contributed by atoms with Crippen LogP contribution in [0.15, 0.2) is 16.5 Å². The van der Waals surface area contributed by atoms with E-state index in [0.29, 0.717) is 25.9 Å². The van der Waals surface area contributed by atoms with Crippen molar-refractivity contribution in [2.75, 3.05) is 20.1 Å². The smallest absolute Gasteiger partial charge is 0.317 e. The fraction of sp³-hybridized carbons (Fsp3) is 0.600. The number of nitrogens with zero attached hydrogens (tertiary/aromatic N) is 1. The van der Waals surface area contributed by atoms with E-state index in [2.05, 4.69) is 10.6 Å². The molecule has 0 aromatic carbocycles. The maximum atomic E-state index is 12.2. The van der Waals surface area contributed by atoms with Crippen LogP contribution in [0.2, 0.25) is 0 Å². The monoisotopic (exact) mass is 293 g/mol. The van der Waals surface area contributed by atoms with Gasteiger partial charge in [0.15, 0.2) is 0 Å². The lowest BCUT2D eigenvalue weighted by atomic mass is 9.96. The van der Waals surface area contributed by atoms with Crippen molar-refractivity contribution >= 4 is 11.9 Å². The van der Waals surface area contributed by atoms with Crippen molar-refractivity contribution in [1.82, 2.24) is 15.5 Å². The maximum absolute atomic E-state index is 12.2. The highest BCUT2D eigenvalue weighted by Crippen LogP contribution is 2.19. The SMILES string of the molecule is CNC(=O)C1CCN(C(=O)N[C@@H](C)c2ccc(C)o2)CC1. The number of nitrogens with one attached hydrogen (secondary N) is 2. The lowest BCUT2D eigenvalue weighted by molar-refractivity contribution is -0.125. The molecule has 1 fully saturated rings. The molecule has 0 radical (unpaired) electrons. The molecule has 6 heteroatoms. The zero-order valence-electron chi connectivity index (χ0n) is 12.8. The summed E-state index contributed by atoms with van der Waals surface area (Å²) in [5.74, 6) is 1.66. The van der Waals surface area contributed by atoms with Crippen LogP contribution in [-0.2, 0) is 4.79 Å². The summed E-state index contributed by atoms with van der Waals surface area (Å²) in [4.78, 5) is 25.5. The van der Waals surface area contributed by atoms with Gasteiger partial charge < -0.3 is 20.0 Å². The first-order valence-corrected chi connectivity index (χ1v) is 7.34. The van der Waals surface area contributed by atoms with Gasteiger partial charge >= 0.3 is 6.03 Å². The number of hydrogen-bond donors (Lipinski definition) is 2. The third kappa shape index (κ3) is 3.77. The Hall–Kier alpha value is -1.98. The first kappa shape index (κ1) is 15.4. The molecule has 1 saturated heterocycles. The fourth-order valence-electron chi connectivity index (χ4n) is 2.58. The molecule has 116 valence electrons. The van der Waals surface area contributed by atoms with Crippen molar-refractivity contribution in [2.45, 2.75) is 32.7 Å². The number of piperidine rings is 1. The quantitative estimate of drug-likeness (QED) is 0.892. The molecule has 1 aliphatic rings. The number of aryl methyl sites for hydroxylation is 1. The van der Waals surface area contributed by atoms with Gasteiger partial charge in [-0.15, -0.1) is 0 Å². The maximum Gasteiger partial charge on any atom is 0.317 e. The van der Waals surface area contributed by atoms with Gasteiger partial charge in [0.2, 0.25) is 5.91 Å². The highest BCUT2D eigenvalue weighted by atomic mass is 16.3. The van der Waals surface area contributed by atoms with Crippen molar-refractivity contribution in [3.8, 4) is 0 Å². The van der Waals surface area contributed by atoms with E-state index in [4.69, 9.17) is 4.42 Å². The minimum atomic E-state index is -0.164. The molecule has 21 heavy (non-hydrogen) atoms. The summed E-state index contributed by atoms with van der Waals surface area (Å²) in [5.41, 5.74) is 0. The van der Waals surface area contributed by atoms with Gasteiger partial charge in [0.1, 0.15) is 11.5 Å². The Balaban J connectivity index is 1.83. The molecule has 3 amide bonds. The Morgan fingerprint density at radius 1 is 1.33 bits per heavy atom. The fourth-order valence-corrected chi connectivity index (χ4v) is 2.58. The molecule has 1 atom stereocenters. The van der Waals surface area contributed by atoms with Crippen molar-refractivity contribution in [3.05, 3.63) is 23.7 Å². The molecule has 0 unspecified atom stereocenters. The van der Waals surface area contributed by atoms with E-state index in [1.165, 1.54) is 0 Å². The third-order valence-corrected chi connectivity index (χ3v) is 3.93. The Kier molecular flexibility index (Phi) is 4.88. The number of carbonyl (C=O) groups is 2. The molecule has 1 aromatic heterocycles. The summed E-state index contributed by atoms with van der Waals surface area (Å²) >= 11 is 0. The van der Waals surface area contributed by atoms with Crippen LogP contribution >= 0.6 is 0 Å². The molecule has 1 aliphatic heterocycles. The van der Waals surface area contributed by atoms with Gasteiger partial charge in [-0.3, -0.25) is 4.79 Å². The molecule has 2 rings (SSSR count). The van der Waals surface area contributed by atoms with Crippen molar-refractivity contribution in [1.29, 1.82) is 0 Å². The molecular formula is C15H23N3O3. The third-order valence-electron chi connectivity index (χ3n) is 3.93. The first-order valence-electron chi connectivity index (χ1n) is 7.34. The Labute approximate surface area is 124 Å². The van der Waals surface area contributed by atoms with Crippen LogP contribution in [0.1, 0.15) is 37.3 Å². The molecular weight excluding hydrogens is 270 g/mol. The van der Waals surface area contributed by atoms with E-state index in [9.17, 15) is 9.59 Å². The van der Waals surface area contributed by atoms with E-state index < -0.39 is 0 Å². The second-order valence-corrected chi connectivity index (χ2v) is 5.50. The van der Waals surface area contributed by atoms with Gasteiger partial charge in [0, 0.05) is 26.1 Å². The highest BCUT2D eigenvalue weighted by molar-refractivity contribution is 5.79. The van der Waals surface area contributed by atoms with Gasteiger partial charge in [-0.25, -0.2) is 4.79 Å². The zero-order chi connectivity index (χ0) is 15.4. The van der Waals surface area contributed by atoms with Gasteiger partial charge in [-0.05, 0) is 38.8 Å². The second-order valence-electron chi connectivity index (χ2n) is 5.50. The van der Waals surface area contributed by atoms with Crippen LogP contribution in [0.5, 0.6) is 0 Å². The lowest BCUT2D eigenvalue weighted by Crippen LogP contribution is -2.47. The first-order chi connectivity index (χ1) is 10.0. The number of likely N-dealkylation sites (tertiary alicyclic amines) is 1. The Morgan fingerprint density at radius 3 is 2.52 bits per heavy atom. The molecule has 2 N–H and O–H groups in total. The van der Waals surface area contributed by atoms with Gasteiger partial charge in [0.25, 0.3) is 0 Å². The van der Waals surface area contributed by atoms with Crippen molar-refractivity contribution in [3.63, 3.8) is 0 Å². The summed E-state index contributed by atoms with van der Waals surface area (Å²) in [6.07, 6.45) is 1.42. The van der Waals surface area contributed by atoms with E-state index in [0.717, 1.165) is 11.5 Å². The van der Waals surface area contributed by atoms with E-state index in [1.54, 1.807) is 11.9 Å². The summed E-state index contributed by atoms with van der Waals surface area (Å²) in [6.45, 7) is 4.98. The summed E-state index contributed by atoms with van der Waals surface area (Å²) in [5, 5.41) is 5.59. The number of rotatable bonds is 3. The molecule has 6 nitrogen and oxygen atoms in total. The van der Waals surface area contributed by atoms with E-state index >= 15 is 0 Å². The number of urea groups is 1. The average molecular weight is 293 g/mol. The second kappa shape index (κ2) is 6.65. The van der Waals surface area contributed by atoms with E-state index in [1.807, 2.05) is 26.0 Å². The summed E-state index contributed by atoms with van der Waals surface area (Å²) in [7, 11) is 1.65. The number of furan rings is 1. The number of hydrogen-bond acceptors (Lipinski definition) is 3. The molecule has 0 saturated carbocycles. The van der Waals surface area contributed by atoms with Crippen LogP contribution < -0.4 is 10.6 Å². The average Bonchev–Trinajstić information content (AvgIpc) is 2.93. The lowest BCUT2D eigenvalue weighted by Gasteiger charge is -2.31. The Morgan fingerprint density at radius 2 is 2.00 bits per heavy atom. The topological polar surface area (TPSA) is 74.6 Å². The predicted molar refractivity (Wildman–Crippen MR) is 78.8 cm³/mol. The molecule has 2 heterocycles. The highest BCUT2D eigenvalue weighted by Gasteiger charge is 2.27. The van der Waals surface area contributed by atoms with Crippen molar-refractivity contribution < 1.29 is 14.0 Å². The minimum Gasteiger partial charge on any atom is -0.464 e. The van der Waals surface area contributed by atoms with Crippen LogP contribution in [-0.4, -0.2) is 37.0 Å². The number of amides is 3. The largest absolute Gasteiger partial charge is 0.464 e. The summed E-state index contributed by atoms with van der Waals surface area (Å²) in [6, 6.07) is 3.49. The van der Waals surface area contributed by atoms with E-state index in [-0.39, 0.29) is 23.9 Å². The molecule has 0 spiro atoms.